The van der Waals surface area contributed by atoms with Gasteiger partial charge in [-0.2, -0.15) is 0 Å². The van der Waals surface area contributed by atoms with Gasteiger partial charge in [-0.1, -0.05) is 6.08 Å². The van der Waals surface area contributed by atoms with Gasteiger partial charge < -0.3 is 20.2 Å². The molecule has 1 atom stereocenters. The number of carboxylic acid groups (broad SMARTS) is 1. The van der Waals surface area contributed by atoms with Gasteiger partial charge in [0.2, 0.25) is 0 Å². The van der Waals surface area contributed by atoms with Crippen LogP contribution >= 0.6 is 0 Å². The van der Waals surface area contributed by atoms with Gasteiger partial charge in [0.1, 0.15) is 6.54 Å². The molecule has 6 nitrogen and oxygen atoms in total. The minimum atomic E-state index is -1.00. The molecule has 1 aliphatic rings. The number of aliphatic carboxylic acids is 1. The summed E-state index contributed by atoms with van der Waals surface area (Å²) in [5, 5.41) is 12.0. The molecule has 0 radical (unpaired) electrons. The summed E-state index contributed by atoms with van der Waals surface area (Å²) in [7, 11) is 1.90. The zero-order valence-corrected chi connectivity index (χ0v) is 11.5. The molecule has 0 aromatic heterocycles. The number of nitrogens with zero attached hydrogens (tertiary/aromatic N) is 2. The zero-order chi connectivity index (χ0) is 14.3. The number of hydrogen-bond donors (Lipinski definition) is 2. The molecule has 0 aromatic rings. The van der Waals surface area contributed by atoms with Crippen molar-refractivity contribution in [1.29, 1.82) is 0 Å². The van der Waals surface area contributed by atoms with Crippen molar-refractivity contribution < 1.29 is 14.7 Å². The lowest BCUT2D eigenvalue weighted by Gasteiger charge is -2.35. The van der Waals surface area contributed by atoms with E-state index in [0.717, 1.165) is 19.4 Å². The standard InChI is InChI=1S/C13H23N3O3/c1-3-6-15(10-12(17)18)13(19)16-7-4-5-11(9-16)8-14-2/h3,11,14H,1,4-10H2,2H3,(H,17,18). The third kappa shape index (κ3) is 4.90. The van der Waals surface area contributed by atoms with Crippen molar-refractivity contribution in [3.05, 3.63) is 12.7 Å². The van der Waals surface area contributed by atoms with Gasteiger partial charge in [0.05, 0.1) is 0 Å². The van der Waals surface area contributed by atoms with Gasteiger partial charge >= 0.3 is 12.0 Å². The molecule has 0 saturated carbocycles. The van der Waals surface area contributed by atoms with Gasteiger partial charge in [-0.3, -0.25) is 4.79 Å². The molecule has 2 amide bonds. The summed E-state index contributed by atoms with van der Waals surface area (Å²) in [5.41, 5.74) is 0. The number of hydrogen-bond acceptors (Lipinski definition) is 3. The number of carbonyl (C=O) groups excluding carboxylic acids is 1. The van der Waals surface area contributed by atoms with Crippen molar-refractivity contribution in [3.63, 3.8) is 0 Å². The number of likely N-dealkylation sites (tertiary alicyclic amines) is 1. The van der Waals surface area contributed by atoms with Crippen LogP contribution in [0.1, 0.15) is 12.8 Å². The lowest BCUT2D eigenvalue weighted by Crippen LogP contribution is -2.50. The number of carboxylic acids is 1. The Bertz CT molecular complexity index is 331. The normalized spacial score (nSPS) is 19.0. The molecule has 1 heterocycles. The highest BCUT2D eigenvalue weighted by atomic mass is 16.4. The molecule has 0 aliphatic carbocycles. The first-order valence-electron chi connectivity index (χ1n) is 6.59. The third-order valence-electron chi connectivity index (χ3n) is 3.23. The molecule has 0 aromatic carbocycles. The monoisotopic (exact) mass is 269 g/mol. The third-order valence-corrected chi connectivity index (χ3v) is 3.23. The van der Waals surface area contributed by atoms with Crippen LogP contribution in [0, 0.1) is 5.92 Å². The molecule has 1 aliphatic heterocycles. The van der Waals surface area contributed by atoms with Crippen LogP contribution in [0.4, 0.5) is 4.79 Å². The average molecular weight is 269 g/mol. The fourth-order valence-corrected chi connectivity index (χ4v) is 2.42. The van der Waals surface area contributed by atoms with Gasteiger partial charge in [-0.05, 0) is 32.4 Å². The first-order chi connectivity index (χ1) is 9.08. The Morgan fingerprint density at radius 3 is 2.89 bits per heavy atom. The minimum absolute atomic E-state index is 0.205. The van der Waals surface area contributed by atoms with Crippen LogP contribution in [0.3, 0.4) is 0 Å². The second-order valence-corrected chi connectivity index (χ2v) is 4.86. The Morgan fingerprint density at radius 1 is 1.58 bits per heavy atom. The molecular weight excluding hydrogens is 246 g/mol. The molecular formula is C13H23N3O3. The molecule has 6 heteroatoms. The summed E-state index contributed by atoms with van der Waals surface area (Å²) < 4.78 is 0. The maximum absolute atomic E-state index is 12.3. The van der Waals surface area contributed by atoms with Crippen LogP contribution in [0.5, 0.6) is 0 Å². The maximum atomic E-state index is 12.3. The summed E-state index contributed by atoms with van der Waals surface area (Å²) in [6, 6.07) is -0.205. The lowest BCUT2D eigenvalue weighted by molar-refractivity contribution is -0.137. The minimum Gasteiger partial charge on any atom is -0.480 e. The van der Waals surface area contributed by atoms with Crippen molar-refractivity contribution in [2.75, 3.05) is 39.8 Å². The first kappa shape index (κ1) is 15.5. The van der Waals surface area contributed by atoms with Crippen molar-refractivity contribution >= 4 is 12.0 Å². The highest BCUT2D eigenvalue weighted by molar-refractivity contribution is 5.80. The average Bonchev–Trinajstić information content (AvgIpc) is 2.37. The lowest BCUT2D eigenvalue weighted by atomic mass is 9.98. The highest BCUT2D eigenvalue weighted by Gasteiger charge is 2.27. The number of nitrogens with one attached hydrogen (secondary N) is 1. The Labute approximate surface area is 114 Å². The van der Waals surface area contributed by atoms with E-state index in [0.29, 0.717) is 19.0 Å². The molecule has 1 fully saturated rings. The maximum Gasteiger partial charge on any atom is 0.323 e. The zero-order valence-electron chi connectivity index (χ0n) is 11.5. The second-order valence-electron chi connectivity index (χ2n) is 4.86. The molecule has 2 N–H and O–H groups in total. The van der Waals surface area contributed by atoms with Crippen molar-refractivity contribution in [2.45, 2.75) is 12.8 Å². The summed E-state index contributed by atoms with van der Waals surface area (Å²) in [6.07, 6.45) is 3.62. The Kier molecular flexibility index (Phi) is 6.35. The smallest absolute Gasteiger partial charge is 0.323 e. The fourth-order valence-electron chi connectivity index (χ4n) is 2.42. The van der Waals surface area contributed by atoms with E-state index in [4.69, 9.17) is 5.11 Å². The predicted molar refractivity (Wildman–Crippen MR) is 73.0 cm³/mol. The summed E-state index contributed by atoms with van der Waals surface area (Å²) in [4.78, 5) is 26.1. The largest absolute Gasteiger partial charge is 0.480 e. The topological polar surface area (TPSA) is 72.9 Å². The summed E-state index contributed by atoms with van der Waals surface area (Å²) in [6.45, 7) is 5.81. The van der Waals surface area contributed by atoms with Gasteiger partial charge in [0, 0.05) is 19.6 Å². The first-order valence-corrected chi connectivity index (χ1v) is 6.59. The van der Waals surface area contributed by atoms with Crippen LogP contribution in [-0.4, -0.2) is 66.7 Å². The molecule has 0 spiro atoms. The van der Waals surface area contributed by atoms with E-state index >= 15 is 0 Å². The highest BCUT2D eigenvalue weighted by Crippen LogP contribution is 2.17. The second kappa shape index (κ2) is 7.78. The molecule has 1 unspecified atom stereocenters. The number of amides is 2. The van der Waals surface area contributed by atoms with Crippen molar-refractivity contribution in [2.24, 2.45) is 5.92 Å². The molecule has 0 bridgehead atoms. The van der Waals surface area contributed by atoms with E-state index in [-0.39, 0.29) is 19.1 Å². The van der Waals surface area contributed by atoms with Crippen LogP contribution in [0.25, 0.3) is 0 Å². The molecule has 19 heavy (non-hydrogen) atoms. The Balaban J connectivity index is 2.61. The van der Waals surface area contributed by atoms with Crippen molar-refractivity contribution in [1.82, 2.24) is 15.1 Å². The van der Waals surface area contributed by atoms with Gasteiger partial charge in [-0.15, -0.1) is 6.58 Å². The van der Waals surface area contributed by atoms with Crippen molar-refractivity contribution in [3.8, 4) is 0 Å². The Hall–Kier alpha value is -1.56. The van der Waals surface area contributed by atoms with Crippen LogP contribution in [-0.2, 0) is 4.79 Å². The van der Waals surface area contributed by atoms with Gasteiger partial charge in [0.25, 0.3) is 0 Å². The quantitative estimate of drug-likeness (QED) is 0.693. The van der Waals surface area contributed by atoms with E-state index in [1.807, 2.05) is 7.05 Å². The summed E-state index contributed by atoms with van der Waals surface area (Å²) >= 11 is 0. The summed E-state index contributed by atoms with van der Waals surface area (Å²) in [5.74, 6) is -0.558. The fraction of sp³-hybridized carbons (Fsp3) is 0.692. The van der Waals surface area contributed by atoms with E-state index in [9.17, 15) is 9.59 Å². The van der Waals surface area contributed by atoms with Gasteiger partial charge in [0.15, 0.2) is 0 Å². The molecule has 1 saturated heterocycles. The predicted octanol–water partition coefficient (Wildman–Crippen LogP) is 0.610. The van der Waals surface area contributed by atoms with Gasteiger partial charge in [-0.25, -0.2) is 4.79 Å². The number of urea groups is 1. The van der Waals surface area contributed by atoms with E-state index < -0.39 is 5.97 Å². The number of piperidine rings is 1. The SMILES string of the molecule is C=CCN(CC(=O)O)C(=O)N1CCCC(CNC)C1. The Morgan fingerprint density at radius 2 is 2.32 bits per heavy atom. The molecule has 1 rings (SSSR count). The van der Waals surface area contributed by atoms with Crippen LogP contribution < -0.4 is 5.32 Å². The van der Waals surface area contributed by atoms with E-state index in [1.54, 1.807) is 11.0 Å². The molecule has 108 valence electrons. The van der Waals surface area contributed by atoms with E-state index in [1.165, 1.54) is 4.90 Å². The van der Waals surface area contributed by atoms with E-state index in [2.05, 4.69) is 11.9 Å². The number of rotatable bonds is 6. The number of carbonyl (C=O) groups is 2. The van der Waals surface area contributed by atoms with Crippen LogP contribution in [0.2, 0.25) is 0 Å². The van der Waals surface area contributed by atoms with Crippen LogP contribution in [0.15, 0.2) is 12.7 Å².